The van der Waals surface area contributed by atoms with Gasteiger partial charge in [0, 0.05) is 32.7 Å². The highest BCUT2D eigenvalue weighted by Gasteiger charge is 2.45. The number of hydrogen-bond acceptors (Lipinski definition) is 3. The second-order valence-electron chi connectivity index (χ2n) is 3.50. The van der Waals surface area contributed by atoms with E-state index in [1.165, 1.54) is 0 Å². The fraction of sp³-hybridized carbons (Fsp3) is 0.889. The molecule has 0 radical (unpaired) electrons. The predicted molar refractivity (Wildman–Crippen MR) is 42.5 cm³/mol. The van der Waals surface area contributed by atoms with Gasteiger partial charge in [-0.05, 0) is 6.42 Å². The van der Waals surface area contributed by atoms with Crippen LogP contribution in [-0.4, -0.2) is 25.4 Å². The highest BCUT2D eigenvalue weighted by atomic mass is 16.5. The van der Waals surface area contributed by atoms with Crippen LogP contribution in [0.25, 0.3) is 0 Å². The molecule has 0 aromatic heterocycles. The van der Waals surface area contributed by atoms with Crippen molar-refractivity contribution in [3.05, 3.63) is 0 Å². The van der Waals surface area contributed by atoms with Crippen LogP contribution in [-0.2, 0) is 9.47 Å². The maximum absolute atomic E-state index is 8.91. The van der Waals surface area contributed by atoms with Crippen molar-refractivity contribution in [3.8, 4) is 6.07 Å². The molecular weight excluding hydrogens is 154 g/mol. The topological polar surface area (TPSA) is 42.2 Å². The van der Waals surface area contributed by atoms with E-state index in [-0.39, 0.29) is 11.5 Å². The van der Waals surface area contributed by atoms with Crippen LogP contribution >= 0.6 is 0 Å². The number of rotatable bonds is 0. The molecule has 0 bridgehead atoms. The standard InChI is InChI=1S/C9H13NO2/c10-7-8-1-4-12-9(8)2-5-11-6-3-9/h8H,1-6H2. The van der Waals surface area contributed by atoms with Gasteiger partial charge in [0.1, 0.15) is 0 Å². The Bertz CT molecular complexity index is 203. The molecule has 0 amide bonds. The van der Waals surface area contributed by atoms with E-state index in [0.29, 0.717) is 0 Å². The average Bonchev–Trinajstić information content (AvgIpc) is 2.49. The summed E-state index contributed by atoms with van der Waals surface area (Å²) in [5.41, 5.74) is -0.146. The number of nitrogens with zero attached hydrogens (tertiary/aromatic N) is 1. The van der Waals surface area contributed by atoms with Crippen molar-refractivity contribution in [2.45, 2.75) is 24.9 Å². The van der Waals surface area contributed by atoms with E-state index in [9.17, 15) is 0 Å². The van der Waals surface area contributed by atoms with Crippen LogP contribution in [0.3, 0.4) is 0 Å². The molecule has 2 rings (SSSR count). The minimum Gasteiger partial charge on any atom is -0.381 e. The molecule has 1 unspecified atom stereocenters. The first-order valence-electron chi connectivity index (χ1n) is 4.49. The van der Waals surface area contributed by atoms with Crippen LogP contribution < -0.4 is 0 Å². The Hall–Kier alpha value is -0.590. The Balaban J connectivity index is 2.12. The molecule has 12 heavy (non-hydrogen) atoms. The average molecular weight is 167 g/mol. The number of nitriles is 1. The number of hydrogen-bond donors (Lipinski definition) is 0. The van der Waals surface area contributed by atoms with Crippen molar-refractivity contribution in [2.24, 2.45) is 5.92 Å². The molecule has 3 nitrogen and oxygen atoms in total. The molecule has 1 spiro atoms. The van der Waals surface area contributed by atoms with Crippen molar-refractivity contribution in [3.63, 3.8) is 0 Å². The molecule has 66 valence electrons. The van der Waals surface area contributed by atoms with Crippen LogP contribution in [0.15, 0.2) is 0 Å². The van der Waals surface area contributed by atoms with Gasteiger partial charge in [-0.3, -0.25) is 0 Å². The zero-order valence-electron chi connectivity index (χ0n) is 7.08. The molecule has 2 aliphatic heterocycles. The van der Waals surface area contributed by atoms with E-state index in [0.717, 1.165) is 39.1 Å². The van der Waals surface area contributed by atoms with E-state index in [4.69, 9.17) is 14.7 Å². The second kappa shape index (κ2) is 3.04. The quantitative estimate of drug-likeness (QED) is 0.542. The molecule has 0 saturated carbocycles. The molecule has 0 aliphatic carbocycles. The van der Waals surface area contributed by atoms with Gasteiger partial charge in [0.2, 0.25) is 0 Å². The molecule has 0 aromatic rings. The molecule has 2 heterocycles. The summed E-state index contributed by atoms with van der Waals surface area (Å²) >= 11 is 0. The zero-order chi connectivity index (χ0) is 8.44. The van der Waals surface area contributed by atoms with Crippen LogP contribution in [0.4, 0.5) is 0 Å². The monoisotopic (exact) mass is 167 g/mol. The van der Waals surface area contributed by atoms with Crippen LogP contribution in [0.1, 0.15) is 19.3 Å². The van der Waals surface area contributed by atoms with Crippen LogP contribution in [0.2, 0.25) is 0 Å². The molecule has 3 heteroatoms. The Morgan fingerprint density at radius 1 is 1.25 bits per heavy atom. The van der Waals surface area contributed by atoms with Gasteiger partial charge in [0.15, 0.2) is 0 Å². The summed E-state index contributed by atoms with van der Waals surface area (Å²) < 4.78 is 10.9. The van der Waals surface area contributed by atoms with E-state index < -0.39 is 0 Å². The maximum atomic E-state index is 8.91. The smallest absolute Gasteiger partial charge is 0.0884 e. The van der Waals surface area contributed by atoms with Gasteiger partial charge in [0.25, 0.3) is 0 Å². The Labute approximate surface area is 72.3 Å². The third-order valence-corrected chi connectivity index (χ3v) is 2.93. The first-order valence-corrected chi connectivity index (χ1v) is 4.49. The van der Waals surface area contributed by atoms with E-state index in [1.54, 1.807) is 0 Å². The lowest BCUT2D eigenvalue weighted by molar-refractivity contribution is -0.0890. The Kier molecular flexibility index (Phi) is 2.03. The fourth-order valence-corrected chi connectivity index (χ4v) is 2.14. The van der Waals surface area contributed by atoms with Gasteiger partial charge < -0.3 is 9.47 Å². The van der Waals surface area contributed by atoms with Gasteiger partial charge in [-0.1, -0.05) is 0 Å². The highest BCUT2D eigenvalue weighted by molar-refractivity contribution is 5.04. The molecule has 0 N–H and O–H groups in total. The lowest BCUT2D eigenvalue weighted by Crippen LogP contribution is -2.40. The normalized spacial score (nSPS) is 33.4. The van der Waals surface area contributed by atoms with Crippen molar-refractivity contribution in [1.82, 2.24) is 0 Å². The molecule has 0 aromatic carbocycles. The van der Waals surface area contributed by atoms with E-state index >= 15 is 0 Å². The summed E-state index contributed by atoms with van der Waals surface area (Å²) in [6.07, 6.45) is 2.69. The van der Waals surface area contributed by atoms with Crippen molar-refractivity contribution >= 4 is 0 Å². The van der Waals surface area contributed by atoms with Gasteiger partial charge >= 0.3 is 0 Å². The summed E-state index contributed by atoms with van der Waals surface area (Å²) in [5, 5.41) is 8.91. The van der Waals surface area contributed by atoms with Crippen molar-refractivity contribution in [1.29, 1.82) is 5.26 Å². The Morgan fingerprint density at radius 3 is 2.67 bits per heavy atom. The molecule has 1 atom stereocenters. The first kappa shape index (κ1) is 8.03. The summed E-state index contributed by atoms with van der Waals surface area (Å²) in [6.45, 7) is 2.24. The minimum absolute atomic E-state index is 0.0985. The van der Waals surface area contributed by atoms with Crippen molar-refractivity contribution < 1.29 is 9.47 Å². The Morgan fingerprint density at radius 2 is 2.00 bits per heavy atom. The van der Waals surface area contributed by atoms with Gasteiger partial charge in [-0.15, -0.1) is 0 Å². The summed E-state index contributed by atoms with van der Waals surface area (Å²) in [4.78, 5) is 0. The molecular formula is C9H13NO2. The van der Waals surface area contributed by atoms with Gasteiger partial charge in [0.05, 0.1) is 17.6 Å². The second-order valence-corrected chi connectivity index (χ2v) is 3.50. The SMILES string of the molecule is N#CC1CCOC12CCOCC2. The lowest BCUT2D eigenvalue weighted by Gasteiger charge is -2.34. The fourth-order valence-electron chi connectivity index (χ4n) is 2.14. The zero-order valence-corrected chi connectivity index (χ0v) is 7.08. The largest absolute Gasteiger partial charge is 0.381 e. The summed E-state index contributed by atoms with van der Waals surface area (Å²) in [6, 6.07) is 2.34. The van der Waals surface area contributed by atoms with E-state index in [1.807, 2.05) is 0 Å². The minimum atomic E-state index is -0.146. The predicted octanol–water partition coefficient (Wildman–Crippen LogP) is 1.10. The third-order valence-electron chi connectivity index (χ3n) is 2.93. The molecule has 2 fully saturated rings. The van der Waals surface area contributed by atoms with Gasteiger partial charge in [-0.25, -0.2) is 0 Å². The van der Waals surface area contributed by atoms with Gasteiger partial charge in [-0.2, -0.15) is 5.26 Å². The maximum Gasteiger partial charge on any atom is 0.0884 e. The van der Waals surface area contributed by atoms with E-state index in [2.05, 4.69) is 6.07 Å². The molecule has 2 aliphatic rings. The third kappa shape index (κ3) is 1.12. The van der Waals surface area contributed by atoms with Crippen LogP contribution in [0.5, 0.6) is 0 Å². The summed E-state index contributed by atoms with van der Waals surface area (Å²) in [7, 11) is 0. The van der Waals surface area contributed by atoms with Crippen LogP contribution in [0, 0.1) is 17.2 Å². The number of ether oxygens (including phenoxy) is 2. The molecule has 2 saturated heterocycles. The first-order chi connectivity index (χ1) is 5.87. The summed E-state index contributed by atoms with van der Waals surface area (Å²) in [5.74, 6) is 0.0985. The lowest BCUT2D eigenvalue weighted by atomic mass is 9.82. The van der Waals surface area contributed by atoms with Crippen molar-refractivity contribution in [2.75, 3.05) is 19.8 Å². The highest BCUT2D eigenvalue weighted by Crippen LogP contribution is 2.39.